The summed E-state index contributed by atoms with van der Waals surface area (Å²) in [5, 5.41) is 0.931. The fourth-order valence-electron chi connectivity index (χ4n) is 4.12. The molecular weight excluding hydrogens is 360 g/mol. The molecule has 2 aromatic heterocycles. The smallest absolute Gasteiger partial charge is 0.254 e. The average Bonchev–Trinajstić information content (AvgIpc) is 3.38. The van der Waals surface area contributed by atoms with Crippen LogP contribution < -0.4 is 0 Å². The van der Waals surface area contributed by atoms with Crippen molar-refractivity contribution in [3.05, 3.63) is 53.1 Å². The van der Waals surface area contributed by atoms with Crippen molar-refractivity contribution >= 4 is 16.8 Å². The van der Waals surface area contributed by atoms with Gasteiger partial charge in [-0.3, -0.25) is 4.79 Å². The molecule has 5 rings (SSSR count). The van der Waals surface area contributed by atoms with Gasteiger partial charge in [-0.25, -0.2) is 15.0 Å². The standard InChI is InChI=1S/C24H26N4O/c1-15-5-8-19-20(24(29)28-9-3-4-10-28)12-21(27-23(19)16(15)2)18-13-25-22(26-14-18)11-17-6-7-17/h5,8,12-14,17H,3-4,6-7,9-11H2,1-2H3. The summed E-state index contributed by atoms with van der Waals surface area (Å²) in [6.45, 7) is 5.83. The number of hydrogen-bond acceptors (Lipinski definition) is 4. The van der Waals surface area contributed by atoms with Crippen LogP contribution >= 0.6 is 0 Å². The zero-order chi connectivity index (χ0) is 20.0. The summed E-state index contributed by atoms with van der Waals surface area (Å²) in [6.07, 6.45) is 9.41. The van der Waals surface area contributed by atoms with Crippen molar-refractivity contribution < 1.29 is 4.79 Å². The van der Waals surface area contributed by atoms with E-state index in [9.17, 15) is 4.79 Å². The van der Waals surface area contributed by atoms with Gasteiger partial charge in [0.1, 0.15) is 5.82 Å². The van der Waals surface area contributed by atoms with Crippen molar-refractivity contribution in [2.24, 2.45) is 5.92 Å². The Labute approximate surface area is 171 Å². The van der Waals surface area contributed by atoms with E-state index in [2.05, 4.69) is 29.9 Å². The minimum absolute atomic E-state index is 0.102. The Bertz CT molecular complexity index is 1080. The molecule has 1 saturated carbocycles. The lowest BCUT2D eigenvalue weighted by molar-refractivity contribution is 0.0794. The van der Waals surface area contributed by atoms with E-state index in [0.717, 1.165) is 77.4 Å². The largest absolute Gasteiger partial charge is 0.339 e. The van der Waals surface area contributed by atoms with E-state index < -0.39 is 0 Å². The van der Waals surface area contributed by atoms with E-state index in [1.54, 1.807) is 0 Å². The lowest BCUT2D eigenvalue weighted by Gasteiger charge is -2.18. The van der Waals surface area contributed by atoms with Crippen LogP contribution in [-0.2, 0) is 6.42 Å². The first-order chi connectivity index (χ1) is 14.1. The third-order valence-corrected chi connectivity index (χ3v) is 6.30. The molecule has 0 spiro atoms. The molecule has 1 aliphatic heterocycles. The highest BCUT2D eigenvalue weighted by Crippen LogP contribution is 2.32. The topological polar surface area (TPSA) is 59.0 Å². The summed E-state index contributed by atoms with van der Waals surface area (Å²) in [6, 6.07) is 6.04. The molecular formula is C24H26N4O. The molecule has 1 amide bonds. The number of pyridine rings is 1. The fraction of sp³-hybridized carbons (Fsp3) is 0.417. The first kappa shape index (κ1) is 18.2. The quantitative estimate of drug-likeness (QED) is 0.662. The number of rotatable bonds is 4. The summed E-state index contributed by atoms with van der Waals surface area (Å²) >= 11 is 0. The summed E-state index contributed by atoms with van der Waals surface area (Å²) in [7, 11) is 0. The number of amides is 1. The number of carbonyl (C=O) groups excluding carboxylic acids is 1. The van der Waals surface area contributed by atoms with E-state index in [-0.39, 0.29) is 5.91 Å². The number of hydrogen-bond donors (Lipinski definition) is 0. The van der Waals surface area contributed by atoms with Gasteiger partial charge in [-0.15, -0.1) is 0 Å². The second kappa shape index (κ2) is 7.21. The molecule has 0 unspecified atom stereocenters. The number of benzene rings is 1. The van der Waals surface area contributed by atoms with Crippen molar-refractivity contribution in [2.75, 3.05) is 13.1 Å². The maximum absolute atomic E-state index is 13.3. The van der Waals surface area contributed by atoms with Crippen LogP contribution in [0, 0.1) is 19.8 Å². The SMILES string of the molecule is Cc1ccc2c(C(=O)N3CCCC3)cc(-c3cnc(CC4CC4)nc3)nc2c1C. The number of carbonyl (C=O) groups is 1. The molecule has 148 valence electrons. The molecule has 0 radical (unpaired) electrons. The second-order valence-electron chi connectivity index (χ2n) is 8.49. The number of aryl methyl sites for hydroxylation is 2. The van der Waals surface area contributed by atoms with Crippen LogP contribution in [0.5, 0.6) is 0 Å². The zero-order valence-electron chi connectivity index (χ0n) is 17.1. The van der Waals surface area contributed by atoms with Gasteiger partial charge in [0.15, 0.2) is 0 Å². The molecule has 0 atom stereocenters. The van der Waals surface area contributed by atoms with Crippen LogP contribution in [0.15, 0.2) is 30.6 Å². The molecule has 1 saturated heterocycles. The molecule has 3 aromatic rings. The van der Waals surface area contributed by atoms with Gasteiger partial charge in [-0.05, 0) is 62.6 Å². The van der Waals surface area contributed by atoms with Crippen LogP contribution in [-0.4, -0.2) is 38.8 Å². The minimum Gasteiger partial charge on any atom is -0.339 e. The van der Waals surface area contributed by atoms with Crippen LogP contribution in [0.4, 0.5) is 0 Å². The Hall–Kier alpha value is -2.82. The lowest BCUT2D eigenvalue weighted by atomic mass is 9.99. The Morgan fingerprint density at radius 2 is 1.83 bits per heavy atom. The van der Waals surface area contributed by atoms with Gasteiger partial charge >= 0.3 is 0 Å². The first-order valence-corrected chi connectivity index (χ1v) is 10.6. The number of fused-ring (bicyclic) bond motifs is 1. The zero-order valence-corrected chi connectivity index (χ0v) is 17.1. The molecule has 2 aliphatic rings. The van der Waals surface area contributed by atoms with E-state index >= 15 is 0 Å². The third kappa shape index (κ3) is 3.50. The van der Waals surface area contributed by atoms with Crippen LogP contribution in [0.25, 0.3) is 22.2 Å². The van der Waals surface area contributed by atoms with Crippen molar-refractivity contribution in [3.63, 3.8) is 0 Å². The highest BCUT2D eigenvalue weighted by Gasteiger charge is 2.24. The van der Waals surface area contributed by atoms with Crippen molar-refractivity contribution in [1.82, 2.24) is 19.9 Å². The van der Waals surface area contributed by atoms with E-state index in [1.165, 1.54) is 18.4 Å². The third-order valence-electron chi connectivity index (χ3n) is 6.30. The van der Waals surface area contributed by atoms with E-state index in [4.69, 9.17) is 4.98 Å². The van der Waals surface area contributed by atoms with Gasteiger partial charge in [-0.2, -0.15) is 0 Å². The fourth-order valence-corrected chi connectivity index (χ4v) is 4.12. The summed E-state index contributed by atoms with van der Waals surface area (Å²) in [5.41, 5.74) is 5.56. The number of aromatic nitrogens is 3. The van der Waals surface area contributed by atoms with Crippen molar-refractivity contribution in [3.8, 4) is 11.3 Å². The molecule has 0 bridgehead atoms. The van der Waals surface area contributed by atoms with Gasteiger partial charge < -0.3 is 4.90 Å². The summed E-state index contributed by atoms with van der Waals surface area (Å²) in [4.78, 5) is 29.3. The van der Waals surface area contributed by atoms with Gasteiger partial charge in [-0.1, -0.05) is 12.1 Å². The average molecular weight is 386 g/mol. The highest BCUT2D eigenvalue weighted by molar-refractivity contribution is 6.08. The number of nitrogens with zero attached hydrogens (tertiary/aromatic N) is 4. The maximum atomic E-state index is 13.3. The molecule has 29 heavy (non-hydrogen) atoms. The first-order valence-electron chi connectivity index (χ1n) is 10.6. The Morgan fingerprint density at radius 1 is 1.10 bits per heavy atom. The highest BCUT2D eigenvalue weighted by atomic mass is 16.2. The Balaban J connectivity index is 1.61. The normalized spacial score (nSPS) is 16.6. The molecule has 5 heteroatoms. The van der Waals surface area contributed by atoms with Crippen molar-refractivity contribution in [1.29, 1.82) is 0 Å². The Kier molecular flexibility index (Phi) is 4.53. The minimum atomic E-state index is 0.102. The predicted octanol–water partition coefficient (Wildman–Crippen LogP) is 4.50. The number of likely N-dealkylation sites (tertiary alicyclic amines) is 1. The predicted molar refractivity (Wildman–Crippen MR) is 114 cm³/mol. The van der Waals surface area contributed by atoms with Crippen LogP contribution in [0.2, 0.25) is 0 Å². The molecule has 5 nitrogen and oxygen atoms in total. The molecule has 3 heterocycles. The molecule has 1 aliphatic carbocycles. The lowest BCUT2D eigenvalue weighted by Crippen LogP contribution is -2.28. The van der Waals surface area contributed by atoms with Crippen LogP contribution in [0.3, 0.4) is 0 Å². The second-order valence-corrected chi connectivity index (χ2v) is 8.49. The van der Waals surface area contributed by atoms with Gasteiger partial charge in [0.25, 0.3) is 5.91 Å². The van der Waals surface area contributed by atoms with Crippen LogP contribution in [0.1, 0.15) is 53.0 Å². The molecule has 2 fully saturated rings. The summed E-state index contributed by atoms with van der Waals surface area (Å²) < 4.78 is 0. The van der Waals surface area contributed by atoms with Crippen molar-refractivity contribution in [2.45, 2.75) is 46.0 Å². The molecule has 0 N–H and O–H groups in total. The van der Waals surface area contributed by atoms with E-state index in [1.807, 2.05) is 29.4 Å². The summed E-state index contributed by atoms with van der Waals surface area (Å²) in [5.74, 6) is 1.76. The van der Waals surface area contributed by atoms with E-state index in [0.29, 0.717) is 0 Å². The molecule has 1 aromatic carbocycles. The maximum Gasteiger partial charge on any atom is 0.254 e. The van der Waals surface area contributed by atoms with Gasteiger partial charge in [0.2, 0.25) is 0 Å². The van der Waals surface area contributed by atoms with Gasteiger partial charge in [0.05, 0.1) is 16.8 Å². The Morgan fingerprint density at radius 3 is 2.52 bits per heavy atom. The van der Waals surface area contributed by atoms with Gasteiger partial charge in [0, 0.05) is 42.9 Å². The monoisotopic (exact) mass is 386 g/mol.